The molecule has 0 aliphatic heterocycles. The molecule has 0 atom stereocenters. The molecular formula is C22H28N2O5S. The molecule has 162 valence electrons. The maximum Gasteiger partial charge on any atom is 0.338 e. The Morgan fingerprint density at radius 3 is 2.40 bits per heavy atom. The summed E-state index contributed by atoms with van der Waals surface area (Å²) < 4.78 is 32.9. The maximum absolute atomic E-state index is 13.3. The van der Waals surface area contributed by atoms with Crippen LogP contribution in [0.1, 0.15) is 42.6 Å². The van der Waals surface area contributed by atoms with Gasteiger partial charge in [0.25, 0.3) is 15.9 Å². The standard InChI is InChI=1S/C22H28N2O5S/c1-4-6-14-23-21(25)16-29-22(26)18-13-12-17(3)20(15-18)30(27,28)24(5-2)19-10-8-7-9-11-19/h7-13,15H,4-6,14,16H2,1-3H3,(H,23,25). The van der Waals surface area contributed by atoms with Crippen LogP contribution in [0.2, 0.25) is 0 Å². The molecule has 0 saturated heterocycles. The summed E-state index contributed by atoms with van der Waals surface area (Å²) in [5.74, 6) is -1.14. The highest BCUT2D eigenvalue weighted by Crippen LogP contribution is 2.26. The fourth-order valence-corrected chi connectivity index (χ4v) is 4.61. The third-order valence-electron chi connectivity index (χ3n) is 4.51. The van der Waals surface area contributed by atoms with Crippen LogP contribution < -0.4 is 9.62 Å². The van der Waals surface area contributed by atoms with Crippen LogP contribution in [-0.4, -0.2) is 40.0 Å². The number of benzene rings is 2. The van der Waals surface area contributed by atoms with Gasteiger partial charge >= 0.3 is 5.97 Å². The Kier molecular flexibility index (Phi) is 8.41. The van der Waals surface area contributed by atoms with Gasteiger partial charge in [-0.2, -0.15) is 0 Å². The molecule has 0 fully saturated rings. The van der Waals surface area contributed by atoms with Crippen molar-refractivity contribution < 1.29 is 22.7 Å². The van der Waals surface area contributed by atoms with E-state index in [4.69, 9.17) is 4.74 Å². The van der Waals surface area contributed by atoms with Crippen molar-refractivity contribution in [2.45, 2.75) is 38.5 Å². The number of amides is 1. The minimum atomic E-state index is -3.89. The van der Waals surface area contributed by atoms with E-state index in [0.29, 0.717) is 17.8 Å². The fraction of sp³-hybridized carbons (Fsp3) is 0.364. The van der Waals surface area contributed by atoms with Crippen molar-refractivity contribution >= 4 is 27.6 Å². The molecule has 0 unspecified atom stereocenters. The third-order valence-corrected chi connectivity index (χ3v) is 6.56. The van der Waals surface area contributed by atoms with E-state index >= 15 is 0 Å². The third kappa shape index (κ3) is 5.82. The molecule has 0 heterocycles. The van der Waals surface area contributed by atoms with Gasteiger partial charge in [-0.25, -0.2) is 13.2 Å². The topological polar surface area (TPSA) is 92.8 Å². The van der Waals surface area contributed by atoms with E-state index in [1.54, 1.807) is 44.2 Å². The van der Waals surface area contributed by atoms with Crippen LogP contribution in [0.25, 0.3) is 0 Å². The monoisotopic (exact) mass is 432 g/mol. The molecule has 1 amide bonds. The van der Waals surface area contributed by atoms with Gasteiger partial charge in [0.2, 0.25) is 0 Å². The number of aryl methyl sites for hydroxylation is 1. The summed E-state index contributed by atoms with van der Waals surface area (Å²) in [6.45, 7) is 5.76. The minimum Gasteiger partial charge on any atom is -0.452 e. The van der Waals surface area contributed by atoms with E-state index in [2.05, 4.69) is 5.32 Å². The number of carbonyl (C=O) groups excluding carboxylic acids is 2. The van der Waals surface area contributed by atoms with Crippen molar-refractivity contribution in [3.63, 3.8) is 0 Å². The van der Waals surface area contributed by atoms with Crippen molar-refractivity contribution in [1.82, 2.24) is 5.32 Å². The molecular weight excluding hydrogens is 404 g/mol. The SMILES string of the molecule is CCCCNC(=O)COC(=O)c1ccc(C)c(S(=O)(=O)N(CC)c2ccccc2)c1. The van der Waals surface area contributed by atoms with Gasteiger partial charge in [0.1, 0.15) is 0 Å². The van der Waals surface area contributed by atoms with Crippen molar-refractivity contribution in [1.29, 1.82) is 0 Å². The number of hydrogen-bond donors (Lipinski definition) is 1. The zero-order valence-electron chi connectivity index (χ0n) is 17.6. The van der Waals surface area contributed by atoms with Crippen LogP contribution in [0, 0.1) is 6.92 Å². The molecule has 0 radical (unpaired) electrons. The van der Waals surface area contributed by atoms with Crippen LogP contribution in [0.3, 0.4) is 0 Å². The zero-order chi connectivity index (χ0) is 22.1. The number of rotatable bonds is 10. The zero-order valence-corrected chi connectivity index (χ0v) is 18.4. The molecule has 7 nitrogen and oxygen atoms in total. The maximum atomic E-state index is 13.3. The smallest absolute Gasteiger partial charge is 0.338 e. The summed E-state index contributed by atoms with van der Waals surface area (Å²) >= 11 is 0. The molecule has 0 aliphatic rings. The highest BCUT2D eigenvalue weighted by Gasteiger charge is 2.26. The Balaban J connectivity index is 2.21. The van der Waals surface area contributed by atoms with E-state index in [0.717, 1.165) is 12.8 Å². The van der Waals surface area contributed by atoms with Gasteiger partial charge in [0.05, 0.1) is 16.1 Å². The molecule has 2 aromatic carbocycles. The highest BCUT2D eigenvalue weighted by atomic mass is 32.2. The molecule has 0 bridgehead atoms. The lowest BCUT2D eigenvalue weighted by atomic mass is 10.1. The first-order valence-electron chi connectivity index (χ1n) is 9.93. The molecule has 0 spiro atoms. The first-order valence-corrected chi connectivity index (χ1v) is 11.4. The average Bonchev–Trinajstić information content (AvgIpc) is 2.73. The molecule has 2 aromatic rings. The van der Waals surface area contributed by atoms with Gasteiger partial charge in [-0.3, -0.25) is 9.10 Å². The van der Waals surface area contributed by atoms with E-state index < -0.39 is 28.5 Å². The lowest BCUT2D eigenvalue weighted by molar-refractivity contribution is -0.124. The Labute approximate surface area is 178 Å². The van der Waals surface area contributed by atoms with Crippen LogP contribution in [0.15, 0.2) is 53.4 Å². The number of nitrogens with zero attached hydrogens (tertiary/aromatic N) is 1. The van der Waals surface area contributed by atoms with Crippen LogP contribution in [0.4, 0.5) is 5.69 Å². The van der Waals surface area contributed by atoms with Crippen molar-refractivity contribution in [2.75, 3.05) is 24.0 Å². The summed E-state index contributed by atoms with van der Waals surface area (Å²) in [4.78, 5) is 24.1. The van der Waals surface area contributed by atoms with Gasteiger partial charge in [-0.05, 0) is 50.1 Å². The normalized spacial score (nSPS) is 11.0. The van der Waals surface area contributed by atoms with Gasteiger partial charge in [-0.15, -0.1) is 0 Å². The second-order valence-corrected chi connectivity index (χ2v) is 8.60. The number of anilines is 1. The molecule has 0 aromatic heterocycles. The Bertz CT molecular complexity index is 974. The number of carbonyl (C=O) groups is 2. The number of unbranched alkanes of at least 4 members (excludes halogenated alkanes) is 1. The van der Waals surface area contributed by atoms with E-state index in [-0.39, 0.29) is 17.0 Å². The van der Waals surface area contributed by atoms with Crippen LogP contribution in [0.5, 0.6) is 0 Å². The molecule has 0 saturated carbocycles. The van der Waals surface area contributed by atoms with Crippen molar-refractivity contribution in [3.05, 3.63) is 59.7 Å². The Morgan fingerprint density at radius 2 is 1.77 bits per heavy atom. The largest absolute Gasteiger partial charge is 0.452 e. The molecule has 1 N–H and O–H groups in total. The summed E-state index contributed by atoms with van der Waals surface area (Å²) in [6.07, 6.45) is 1.78. The predicted octanol–water partition coefficient (Wildman–Crippen LogP) is 3.28. The van der Waals surface area contributed by atoms with E-state index in [1.807, 2.05) is 13.0 Å². The quantitative estimate of drug-likeness (QED) is 0.459. The number of sulfonamides is 1. The first-order chi connectivity index (χ1) is 14.3. The lowest BCUT2D eigenvalue weighted by Gasteiger charge is -2.24. The number of ether oxygens (including phenoxy) is 1. The summed E-state index contributed by atoms with van der Waals surface area (Å²) in [5, 5.41) is 2.66. The van der Waals surface area contributed by atoms with Gasteiger partial charge in [0.15, 0.2) is 6.61 Å². The second kappa shape index (κ2) is 10.8. The number of nitrogens with one attached hydrogen (secondary N) is 1. The second-order valence-electron chi connectivity index (χ2n) is 6.77. The Hall–Kier alpha value is -2.87. The van der Waals surface area contributed by atoms with Gasteiger partial charge in [-0.1, -0.05) is 37.6 Å². The van der Waals surface area contributed by atoms with E-state index in [9.17, 15) is 18.0 Å². The lowest BCUT2D eigenvalue weighted by Crippen LogP contribution is -2.31. The van der Waals surface area contributed by atoms with Crippen molar-refractivity contribution in [2.24, 2.45) is 0 Å². The van der Waals surface area contributed by atoms with Crippen molar-refractivity contribution in [3.8, 4) is 0 Å². The van der Waals surface area contributed by atoms with Crippen LogP contribution in [-0.2, 0) is 19.6 Å². The minimum absolute atomic E-state index is 0.0232. The molecule has 0 aliphatic carbocycles. The summed E-state index contributed by atoms with van der Waals surface area (Å²) in [6, 6.07) is 13.1. The highest BCUT2D eigenvalue weighted by molar-refractivity contribution is 7.92. The summed E-state index contributed by atoms with van der Waals surface area (Å²) in [7, 11) is -3.89. The van der Waals surface area contributed by atoms with Crippen LogP contribution >= 0.6 is 0 Å². The van der Waals surface area contributed by atoms with E-state index in [1.165, 1.54) is 16.4 Å². The molecule has 8 heteroatoms. The number of hydrogen-bond acceptors (Lipinski definition) is 5. The Morgan fingerprint density at radius 1 is 1.07 bits per heavy atom. The summed E-state index contributed by atoms with van der Waals surface area (Å²) in [5.41, 5.74) is 1.12. The number of para-hydroxylation sites is 1. The first kappa shape index (κ1) is 23.4. The molecule has 30 heavy (non-hydrogen) atoms. The predicted molar refractivity (Wildman–Crippen MR) is 116 cm³/mol. The van der Waals surface area contributed by atoms with Gasteiger partial charge in [0, 0.05) is 13.1 Å². The average molecular weight is 433 g/mol. The molecule has 2 rings (SSSR count). The van der Waals surface area contributed by atoms with Gasteiger partial charge < -0.3 is 10.1 Å². The fourth-order valence-electron chi connectivity index (χ4n) is 2.88. The number of esters is 1.